The molecule has 6 aromatic heterocycles. The molecule has 0 amide bonds. The van der Waals surface area contributed by atoms with E-state index < -0.39 is 63.5 Å². The van der Waals surface area contributed by atoms with Gasteiger partial charge < -0.3 is 47.0 Å². The highest BCUT2D eigenvalue weighted by Crippen LogP contribution is 2.49. The summed E-state index contributed by atoms with van der Waals surface area (Å²) in [6.07, 6.45) is 14.9. The van der Waals surface area contributed by atoms with Crippen molar-refractivity contribution in [3.05, 3.63) is 187 Å². The minimum atomic E-state index is -4.35. The van der Waals surface area contributed by atoms with Crippen molar-refractivity contribution in [3.8, 4) is 11.5 Å². The van der Waals surface area contributed by atoms with Crippen LogP contribution in [0.4, 0.5) is 11.4 Å². The van der Waals surface area contributed by atoms with E-state index in [2.05, 4.69) is 163 Å². The number of thiophene rings is 2. The van der Waals surface area contributed by atoms with Gasteiger partial charge in [-0.1, -0.05) is 96.4 Å². The predicted molar refractivity (Wildman–Crippen MR) is 463 cm³/mol. The maximum atomic E-state index is 11.4. The van der Waals surface area contributed by atoms with Crippen molar-refractivity contribution in [2.75, 3.05) is 86.5 Å². The number of hydrogen-bond donors (Lipinski definition) is 0. The number of fused-ring (bicyclic) bond motifs is 10. The largest absolute Gasteiger partial charge is 0.748 e. The number of benzene rings is 6. The summed E-state index contributed by atoms with van der Waals surface area (Å²) in [6, 6.07) is 37.3. The van der Waals surface area contributed by atoms with E-state index in [4.69, 9.17) is 18.9 Å². The third-order valence-corrected chi connectivity index (χ3v) is 29.1. The van der Waals surface area contributed by atoms with Crippen LogP contribution in [0.1, 0.15) is 87.4 Å². The fourth-order valence-corrected chi connectivity index (χ4v) is 22.9. The van der Waals surface area contributed by atoms with Crippen LogP contribution in [0.15, 0.2) is 176 Å². The fourth-order valence-electron chi connectivity index (χ4n) is 14.2. The van der Waals surface area contributed by atoms with Gasteiger partial charge in [0.2, 0.25) is 23.7 Å². The van der Waals surface area contributed by atoms with E-state index in [9.17, 15) is 51.9 Å². The number of methoxy groups -OCH3 is 2. The molecular formula is C82H94N8O16S10. The van der Waals surface area contributed by atoms with Gasteiger partial charge >= 0.3 is 0 Å². The third-order valence-electron chi connectivity index (χ3n) is 19.7. The molecule has 34 heteroatoms. The minimum Gasteiger partial charge on any atom is -0.748 e. The zero-order valence-electron chi connectivity index (χ0n) is 65.8. The normalized spacial score (nSPS) is 14.3. The molecule has 0 atom stereocenters. The number of rotatable bonds is 35. The van der Waals surface area contributed by atoms with Gasteiger partial charge in [0.25, 0.3) is 10.0 Å². The van der Waals surface area contributed by atoms with E-state index in [-0.39, 0.29) is 25.7 Å². The number of hydrogen-bond acceptors (Lipinski definition) is 24. The molecule has 8 heterocycles. The van der Waals surface area contributed by atoms with Gasteiger partial charge in [-0.3, -0.25) is 0 Å². The molecule has 0 N–H and O–H groups in total. The van der Waals surface area contributed by atoms with Gasteiger partial charge in [-0.2, -0.15) is 9.13 Å². The summed E-state index contributed by atoms with van der Waals surface area (Å²) in [7, 11) is -14.1. The number of aryl methyl sites for hydroxylation is 6. The Kier molecular flexibility index (Phi) is 29.5. The number of thioether (sulfide) groups is 2. The van der Waals surface area contributed by atoms with Crippen LogP contribution in [-0.4, -0.2) is 138 Å². The molecule has 6 aromatic carbocycles. The lowest BCUT2D eigenvalue weighted by molar-refractivity contribution is -0.674. The number of ether oxygens (including phenoxy) is 4. The fraction of sp³-hybridized carbons (Fsp3) is 0.366. The second-order valence-corrected chi connectivity index (χ2v) is 40.0. The van der Waals surface area contributed by atoms with E-state index in [1.54, 1.807) is 83.1 Å². The first-order valence-electron chi connectivity index (χ1n) is 38.2. The molecule has 618 valence electrons. The van der Waals surface area contributed by atoms with E-state index in [0.29, 0.717) is 65.4 Å². The van der Waals surface area contributed by atoms with Gasteiger partial charge in [-0.25, -0.2) is 51.9 Å². The Morgan fingerprint density at radius 2 is 0.862 bits per heavy atom. The molecule has 0 unspecified atom stereocenters. The molecule has 14 rings (SSSR count). The van der Waals surface area contributed by atoms with Gasteiger partial charge in [0.05, 0.1) is 116 Å². The standard InChI is InChI=1S/2C29H32N2O7S5.C24H32N4O2/c2*1-4-20(16-26-30(10-5-13-42(32,33)34)22-15-19(2)7-8-24(22)40-26)17-27-31(11-6-14-43(35,36)37)28-25(41-27)18-23(38-3)21-9-12-39-29(21)28;1-3-25-19-27(23-11-7-5-9-21(23)25)13-15-29-17-18-30-16-14-28-20-26(4-2)22-10-6-8-12-24(22)28/h2*7-9,12,15-18H,4-6,10-11,13-14H2,1-3H3,(H-,32,33,34,35,36,37);5-12,19-20H,3-4,13-18H2,1-2H3/q;;+2/p-2. The Hall–Kier alpha value is -7.62. The Labute approximate surface area is 702 Å². The Bertz CT molecular complexity index is 5800. The van der Waals surface area contributed by atoms with Crippen LogP contribution >= 0.6 is 68.9 Å². The van der Waals surface area contributed by atoms with Crippen LogP contribution in [0.2, 0.25) is 0 Å². The van der Waals surface area contributed by atoms with Crippen molar-refractivity contribution in [1.82, 2.24) is 9.13 Å². The highest BCUT2D eigenvalue weighted by Gasteiger charge is 2.31. The van der Waals surface area contributed by atoms with Crippen molar-refractivity contribution >= 4 is 196 Å². The van der Waals surface area contributed by atoms with Crippen LogP contribution in [0, 0.1) is 13.8 Å². The van der Waals surface area contributed by atoms with Crippen molar-refractivity contribution in [2.24, 2.45) is 0 Å². The third kappa shape index (κ3) is 22.1. The number of nitrogens with zero attached hydrogens (tertiary/aromatic N) is 8. The molecule has 2 aliphatic rings. The first-order valence-corrected chi connectivity index (χ1v) is 49.5. The lowest BCUT2D eigenvalue weighted by Crippen LogP contribution is -2.36. The number of anilines is 2. The average Bonchev–Trinajstić information content (AvgIpc) is 1.60. The zero-order valence-corrected chi connectivity index (χ0v) is 73.9. The molecule has 0 aliphatic carbocycles. The smallest absolute Gasteiger partial charge is 0.263 e. The quantitative estimate of drug-likeness (QED) is 0.0202. The Morgan fingerprint density at radius 1 is 0.474 bits per heavy atom. The SMILES string of the molecule is CCC(/C=C1\Sc2ccc(C)cc2N1CCCS(=O)(=O)[O-])=C\c1sc2cc(OC)c3ccsc3c2[n+]1CCCS(=O)(=O)[O-].CCC(/C=C1\Sc2ccc(C)cc2N1CCCS(=O)(=O)[O-])=C\c1sc2cc(OC)c3ccsc3c2[n+]1CCCS(=O)(=O)[O-].CCn1c[n+](CCOCCOCC[n+]2cn(CC)c3ccccc32)c2ccccc21. The van der Waals surface area contributed by atoms with Gasteiger partial charge in [-0.15, -0.1) is 22.7 Å². The summed E-state index contributed by atoms with van der Waals surface area (Å²) in [4.78, 5) is 6.25. The van der Waals surface area contributed by atoms with Crippen LogP contribution in [-0.2, 0) is 89.2 Å². The monoisotopic (exact) mass is 1770 g/mol. The molecule has 0 saturated heterocycles. The summed E-state index contributed by atoms with van der Waals surface area (Å²) in [6.45, 7) is 20.2. The molecule has 24 nitrogen and oxygen atoms in total. The number of imidazole rings is 2. The maximum Gasteiger partial charge on any atom is 0.263 e. The van der Waals surface area contributed by atoms with Crippen LogP contribution in [0.3, 0.4) is 0 Å². The molecule has 0 fully saturated rings. The summed E-state index contributed by atoms with van der Waals surface area (Å²) in [5.74, 6) is -0.229. The van der Waals surface area contributed by atoms with Crippen LogP contribution < -0.4 is 37.5 Å². The molecule has 0 bridgehead atoms. The molecule has 2 aliphatic heterocycles. The highest BCUT2D eigenvalue weighted by atomic mass is 32.2. The number of para-hydroxylation sites is 4. The molecule has 0 saturated carbocycles. The molecule has 0 spiro atoms. The van der Waals surface area contributed by atoms with E-state index >= 15 is 0 Å². The highest BCUT2D eigenvalue weighted by molar-refractivity contribution is 8.04. The van der Waals surface area contributed by atoms with Crippen LogP contribution in [0.5, 0.6) is 11.5 Å². The Morgan fingerprint density at radius 3 is 1.23 bits per heavy atom. The van der Waals surface area contributed by atoms with Crippen molar-refractivity contribution in [1.29, 1.82) is 0 Å². The number of aromatic nitrogens is 6. The lowest BCUT2D eigenvalue weighted by Gasteiger charge is -2.21. The number of allylic oxidation sites excluding steroid dienone is 4. The second kappa shape index (κ2) is 39.1. The predicted octanol–water partition coefficient (Wildman–Crippen LogP) is 14.6. The number of thiazole rings is 2. The Balaban J connectivity index is 0.000000163. The topological polar surface area (TPSA) is 298 Å². The van der Waals surface area contributed by atoms with Gasteiger partial charge in [-0.05, 0) is 159 Å². The van der Waals surface area contributed by atoms with Gasteiger partial charge in [0, 0.05) is 93.8 Å². The summed E-state index contributed by atoms with van der Waals surface area (Å²) in [5.41, 5.74) is 13.2. The van der Waals surface area contributed by atoms with Crippen molar-refractivity contribution in [2.45, 2.75) is 129 Å². The maximum absolute atomic E-state index is 11.4. The van der Waals surface area contributed by atoms with Crippen molar-refractivity contribution < 1.29 is 89.1 Å². The summed E-state index contributed by atoms with van der Waals surface area (Å²) < 4.78 is 176. The first-order chi connectivity index (χ1) is 55.5. The first kappa shape index (κ1) is 87.7. The van der Waals surface area contributed by atoms with Crippen LogP contribution in [0.25, 0.3) is 74.8 Å². The lowest BCUT2D eigenvalue weighted by atomic mass is 10.1. The second-order valence-electron chi connectivity index (χ2n) is 27.8. The molecule has 116 heavy (non-hydrogen) atoms. The van der Waals surface area contributed by atoms with E-state index in [0.717, 1.165) is 142 Å². The van der Waals surface area contributed by atoms with E-state index in [1.807, 2.05) is 73.1 Å². The minimum absolute atomic E-state index is 0.186. The van der Waals surface area contributed by atoms with Crippen molar-refractivity contribution in [3.63, 3.8) is 0 Å². The molecule has 12 aromatic rings. The molecule has 0 radical (unpaired) electrons. The van der Waals surface area contributed by atoms with E-state index in [1.165, 1.54) is 22.1 Å². The van der Waals surface area contributed by atoms with Gasteiger partial charge in [0.15, 0.2) is 35.2 Å². The summed E-state index contributed by atoms with van der Waals surface area (Å²) in [5, 5.41) is 9.64. The zero-order chi connectivity index (χ0) is 82.6. The summed E-state index contributed by atoms with van der Waals surface area (Å²) >= 11 is 9.51. The average molecular weight is 1770 g/mol. The van der Waals surface area contributed by atoms with Gasteiger partial charge in [0.1, 0.15) is 43.4 Å². The molecular weight excluding hydrogens is 1670 g/mol.